The van der Waals surface area contributed by atoms with E-state index in [2.05, 4.69) is 31.9 Å². The molecule has 3 aromatic carbocycles. The fourth-order valence-corrected chi connectivity index (χ4v) is 14.4. The molecule has 7 rings (SSSR count). The summed E-state index contributed by atoms with van der Waals surface area (Å²) in [7, 11) is 4.67. The first-order valence-electron chi connectivity index (χ1n) is 45.3. The van der Waals surface area contributed by atoms with Gasteiger partial charge in [0.2, 0.25) is 17.7 Å². The zero-order valence-electron chi connectivity index (χ0n) is 76.7. The third kappa shape index (κ3) is 38.7. The second-order valence-corrected chi connectivity index (χ2v) is 31.5. The molecule has 48 nitrogen and oxygen atoms in total. The van der Waals surface area contributed by atoms with Crippen LogP contribution in [0.15, 0.2) is 36.4 Å². The number of amides is 6. The van der Waals surface area contributed by atoms with E-state index < -0.39 is 166 Å². The highest BCUT2D eigenvalue weighted by atomic mass is 16.6. The Morgan fingerprint density at radius 3 is 0.719 bits per heavy atom. The van der Waals surface area contributed by atoms with Gasteiger partial charge in [0.25, 0.3) is 0 Å². The number of nitrogens with two attached hydrogens (primary N) is 3. The van der Waals surface area contributed by atoms with Crippen LogP contribution in [-0.4, -0.2) is 427 Å². The van der Waals surface area contributed by atoms with Crippen molar-refractivity contribution in [2.45, 2.75) is 187 Å². The molecule has 0 saturated carbocycles. The first kappa shape index (κ1) is 114. The Morgan fingerprint density at radius 1 is 0.304 bits per heavy atom. The van der Waals surface area contributed by atoms with Crippen molar-refractivity contribution in [2.75, 3.05) is 219 Å². The Bertz CT molecular complexity index is 3910. The van der Waals surface area contributed by atoms with Crippen molar-refractivity contribution in [3.8, 4) is 34.5 Å². The van der Waals surface area contributed by atoms with E-state index in [4.69, 9.17) is 117 Å². The quantitative estimate of drug-likeness (QED) is 0.0145. The molecule has 3 heterocycles. The third-order valence-electron chi connectivity index (χ3n) is 21.9. The van der Waals surface area contributed by atoms with Gasteiger partial charge in [-0.1, -0.05) is 0 Å². The lowest BCUT2D eigenvalue weighted by Gasteiger charge is -2.40. The summed E-state index contributed by atoms with van der Waals surface area (Å²) >= 11 is 0. The molecule has 6 amide bonds. The van der Waals surface area contributed by atoms with Crippen molar-refractivity contribution in [1.82, 2.24) is 31.9 Å². The van der Waals surface area contributed by atoms with Gasteiger partial charge in [-0.2, -0.15) is 0 Å². The highest BCUT2D eigenvalue weighted by Gasteiger charge is 2.48. The lowest BCUT2D eigenvalue weighted by atomic mass is 9.94. The van der Waals surface area contributed by atoms with Crippen LogP contribution in [0.3, 0.4) is 0 Å². The Balaban J connectivity index is 0.875. The minimum atomic E-state index is -1.73. The molecule has 3 aliphatic heterocycles. The maximum absolute atomic E-state index is 13.2. The van der Waals surface area contributed by atoms with Gasteiger partial charge in [0.15, 0.2) is 53.2 Å². The molecule has 3 aromatic rings. The van der Waals surface area contributed by atoms with E-state index in [-0.39, 0.29) is 178 Å². The predicted octanol–water partition coefficient (Wildman–Crippen LogP) is -5.50. The minimum Gasteiger partial charge on any atom is -0.493 e. The van der Waals surface area contributed by atoms with Crippen LogP contribution < -0.4 is 77.5 Å². The van der Waals surface area contributed by atoms with Crippen LogP contribution in [0.4, 0.5) is 14.4 Å². The smallest absolute Gasteiger partial charge is 0.407 e. The van der Waals surface area contributed by atoms with E-state index >= 15 is 0 Å². The van der Waals surface area contributed by atoms with Crippen molar-refractivity contribution in [3.05, 3.63) is 69.8 Å². The second-order valence-electron chi connectivity index (χ2n) is 31.5. The average Bonchev–Trinajstić information content (AvgIpc) is 1.68. The fourth-order valence-electron chi connectivity index (χ4n) is 14.4. The summed E-state index contributed by atoms with van der Waals surface area (Å²) in [5, 5.41) is 135. The molecule has 1 aliphatic carbocycles. The number of benzene rings is 3. The SMILES string of the molecule is COc1cc2c(cc1OCCOCCOCCOCCOC(=O)N[C@@H](CCCCN)C(=O)N[C@@H]1O[C@H](CO)[C@@H](O)[C@H](O)[C@H]1O)Cc1cc(OC)c(OCCOCCOCCOCCOC(=O)N[C@@H](CCCCN)C(=O)N[C@@H]3O[C@H](CO)[C@@H](O)[C@H](O)[C@H]3O)cc1Cc1cc(OCCOCCOCCOCCOC(=O)N[C@@H](CCCCN)C(=O)N[C@@H]3O[C@H](CO)[C@@H](O)[C@H](O)[C@H]3O)c(OC)cc1C2. The lowest BCUT2D eigenvalue weighted by molar-refractivity contribution is -0.236. The molecule has 3 saturated heterocycles. The number of aliphatic hydroxyl groups is 12. The highest BCUT2D eigenvalue weighted by molar-refractivity contribution is 5.87. The van der Waals surface area contributed by atoms with Gasteiger partial charge in [0.05, 0.1) is 160 Å². The molecule has 0 radical (unpaired) electrons. The van der Waals surface area contributed by atoms with Gasteiger partial charge in [0.1, 0.15) is 131 Å². The van der Waals surface area contributed by atoms with Gasteiger partial charge in [-0.3, -0.25) is 14.4 Å². The molecule has 768 valence electrons. The minimum absolute atomic E-state index is 0.000898. The molecule has 4 aliphatic rings. The Kier molecular flexibility index (Phi) is 53.8. The summed E-state index contributed by atoms with van der Waals surface area (Å²) in [6, 6.07) is 8.25. The molecular weight excluding hydrogens is 1790 g/mol. The van der Waals surface area contributed by atoms with Crippen LogP contribution in [0.1, 0.15) is 91.2 Å². The van der Waals surface area contributed by atoms with Crippen molar-refractivity contribution in [2.24, 2.45) is 17.2 Å². The van der Waals surface area contributed by atoms with Gasteiger partial charge < -0.3 is 210 Å². The van der Waals surface area contributed by atoms with Gasteiger partial charge >= 0.3 is 18.3 Å². The molecule has 48 heteroatoms. The molecule has 24 N–H and O–H groups in total. The Morgan fingerprint density at radius 2 is 0.511 bits per heavy atom. The van der Waals surface area contributed by atoms with Crippen molar-refractivity contribution < 1.29 is 190 Å². The first-order chi connectivity index (χ1) is 65.3. The van der Waals surface area contributed by atoms with Crippen LogP contribution in [0.25, 0.3) is 0 Å². The molecule has 0 unspecified atom stereocenters. The third-order valence-corrected chi connectivity index (χ3v) is 21.9. The van der Waals surface area contributed by atoms with E-state index in [1.807, 2.05) is 36.4 Å². The van der Waals surface area contributed by atoms with Crippen molar-refractivity contribution in [3.63, 3.8) is 0 Å². The average molecular weight is 1940 g/mol. The van der Waals surface area contributed by atoms with E-state index in [0.29, 0.717) is 112 Å². The summed E-state index contributed by atoms with van der Waals surface area (Å²) in [5.74, 6) is 0.516. The Labute approximate surface area is 782 Å². The van der Waals surface area contributed by atoms with E-state index in [1.165, 1.54) is 0 Å². The first-order valence-corrected chi connectivity index (χ1v) is 45.3. The predicted molar refractivity (Wildman–Crippen MR) is 471 cm³/mol. The standard InChI is InChI=1S/C87H141N9O39/c1-115-61-43-52-40-53-44-62(116-2)65(128-35-29-122-23-17-119-20-26-125-32-38-131-86(113)92-59(11-5-8-14-89)80(110)95-83-77(107)74(104)71(101)68(50-98)134-83)47-56(53)42-57-48-66(129-36-30-123-24-18-120-21-27-126-33-39-132-87(114)93-60(12-6-9-15-90)81(111)96-84-78(108)75(105)72(102)69(51-99)135-84)63(117-3)45-54(57)41-55(52)46-64(61)127-34-28-121-22-16-118-19-25-124-31-37-130-85(112)91-58(10-4-7-13-88)79(109)94-82-76(106)73(103)70(100)67(49-97)133-82/h43-48,58-60,67-78,82-84,97-108H,4-42,49-51,88-90H2,1-3H3,(H,91,112)(H,92,113)(H,93,114)(H,94,109)(H,95,110)(H,96,111)/t58-,59-,60-,67+,68+,69+,70+,71+,72+,73-,74-,75-,76+,77+,78+,82+,83+,84+/m0/s1. The molecule has 0 spiro atoms. The van der Waals surface area contributed by atoms with Gasteiger partial charge in [0, 0.05) is 0 Å². The summed E-state index contributed by atoms with van der Waals surface area (Å²) in [4.78, 5) is 77.9. The molecule has 3 fully saturated rings. The molecular formula is C87H141N9O39. The van der Waals surface area contributed by atoms with E-state index in [9.17, 15) is 90.0 Å². The van der Waals surface area contributed by atoms with Crippen LogP contribution in [0.2, 0.25) is 0 Å². The monoisotopic (exact) mass is 1940 g/mol. The number of unbranched alkanes of at least 4 members (excludes halogenated alkanes) is 3. The summed E-state index contributed by atoms with van der Waals surface area (Å²) in [6.07, 6.45) is -21.6. The number of rotatable bonds is 66. The normalized spacial score (nSPS) is 22.7. The number of hydrogen-bond donors (Lipinski definition) is 21. The largest absolute Gasteiger partial charge is 0.493 e. The molecule has 135 heavy (non-hydrogen) atoms. The van der Waals surface area contributed by atoms with E-state index in [1.54, 1.807) is 21.3 Å². The fraction of sp³-hybridized carbons (Fsp3) is 0.724. The summed E-state index contributed by atoms with van der Waals surface area (Å²) < 4.78 is 120. The van der Waals surface area contributed by atoms with E-state index in [0.717, 1.165) is 33.4 Å². The second kappa shape index (κ2) is 64.0. The number of methoxy groups -OCH3 is 3. The number of alkyl carbamates (subject to hydrolysis) is 3. The molecule has 0 aromatic heterocycles. The van der Waals surface area contributed by atoms with Gasteiger partial charge in [-0.05, 0) is 166 Å². The summed E-state index contributed by atoms with van der Waals surface area (Å²) in [6.45, 7) is 1.73. The zero-order chi connectivity index (χ0) is 97.8. The molecule has 0 bridgehead atoms. The van der Waals surface area contributed by atoms with Crippen LogP contribution in [0.5, 0.6) is 34.5 Å². The number of aliphatic hydroxyl groups excluding tert-OH is 12. The number of ether oxygens (including phenoxy) is 21. The zero-order valence-corrected chi connectivity index (χ0v) is 76.7. The maximum atomic E-state index is 13.2. The molecule has 18 atom stereocenters. The lowest BCUT2D eigenvalue weighted by Crippen LogP contribution is -2.64. The van der Waals surface area contributed by atoms with Crippen LogP contribution >= 0.6 is 0 Å². The highest BCUT2D eigenvalue weighted by Crippen LogP contribution is 2.42. The topological polar surface area (TPSA) is 689 Å². The van der Waals surface area contributed by atoms with Crippen molar-refractivity contribution in [1.29, 1.82) is 0 Å². The van der Waals surface area contributed by atoms with Gasteiger partial charge in [-0.25, -0.2) is 14.4 Å². The van der Waals surface area contributed by atoms with Gasteiger partial charge in [-0.15, -0.1) is 0 Å². The number of hydrogen-bond acceptors (Lipinski definition) is 42. The van der Waals surface area contributed by atoms with Crippen LogP contribution in [0, 0.1) is 0 Å². The number of nitrogens with one attached hydrogen (secondary N) is 6. The number of carbonyl (C=O) groups excluding carboxylic acids is 6. The maximum Gasteiger partial charge on any atom is 0.407 e. The number of fused-ring (bicyclic) bond motifs is 3. The number of carbonyl (C=O) groups is 6. The van der Waals surface area contributed by atoms with Crippen molar-refractivity contribution >= 4 is 36.0 Å². The van der Waals surface area contributed by atoms with Crippen LogP contribution in [-0.2, 0) is 105 Å². The summed E-state index contributed by atoms with van der Waals surface area (Å²) in [5.41, 5.74) is 22.4. The Hall–Kier alpha value is -8.40.